The van der Waals surface area contributed by atoms with E-state index in [0.29, 0.717) is 13.2 Å². The smallest absolute Gasteiger partial charge is 0.253 e. The molecule has 1 heterocycles. The van der Waals surface area contributed by atoms with Crippen molar-refractivity contribution in [2.75, 3.05) is 19.8 Å². The first-order valence-electron chi connectivity index (χ1n) is 5.03. The van der Waals surface area contributed by atoms with E-state index in [0.717, 1.165) is 11.3 Å². The van der Waals surface area contributed by atoms with E-state index in [-0.39, 0.29) is 12.5 Å². The van der Waals surface area contributed by atoms with E-state index in [9.17, 15) is 4.79 Å². The van der Waals surface area contributed by atoms with Crippen LogP contribution in [0.5, 0.6) is 0 Å². The van der Waals surface area contributed by atoms with Crippen molar-refractivity contribution < 1.29 is 9.53 Å². The van der Waals surface area contributed by atoms with Crippen LogP contribution < -0.4 is 0 Å². The van der Waals surface area contributed by atoms with Crippen LogP contribution in [0.25, 0.3) is 0 Å². The first kappa shape index (κ1) is 11.7. The van der Waals surface area contributed by atoms with Gasteiger partial charge in [0.25, 0.3) is 5.91 Å². The fraction of sp³-hybridized carbons (Fsp3) is 0.417. The van der Waals surface area contributed by atoms with Crippen molar-refractivity contribution in [2.45, 2.75) is 13.8 Å². The number of hydrogen-bond acceptors (Lipinski definition) is 2. The van der Waals surface area contributed by atoms with E-state index in [1.165, 1.54) is 0 Å². The number of rotatable bonds is 3. The minimum Gasteiger partial charge on any atom is -0.370 e. The number of amides is 1. The summed E-state index contributed by atoms with van der Waals surface area (Å²) < 4.78 is 5.07. The summed E-state index contributed by atoms with van der Waals surface area (Å²) in [6.07, 6.45) is 5.73. The van der Waals surface area contributed by atoms with E-state index < -0.39 is 0 Å². The molecule has 0 N–H and O–H groups in total. The Labute approximate surface area is 90.7 Å². The zero-order chi connectivity index (χ0) is 11.3. The zero-order valence-electron chi connectivity index (χ0n) is 9.32. The number of allylic oxidation sites excluding steroid dienone is 4. The predicted molar refractivity (Wildman–Crippen MR) is 60.2 cm³/mol. The fourth-order valence-electron chi connectivity index (χ4n) is 1.36. The van der Waals surface area contributed by atoms with Crippen molar-refractivity contribution in [3.8, 4) is 0 Å². The number of hydrogen-bond donors (Lipinski definition) is 0. The average Bonchev–Trinajstić information content (AvgIpc) is 2.21. The summed E-state index contributed by atoms with van der Waals surface area (Å²) in [6, 6.07) is 0. The molecular formula is C12H17NO2. The molecule has 0 aromatic heterocycles. The van der Waals surface area contributed by atoms with Crippen molar-refractivity contribution in [3.05, 3.63) is 36.1 Å². The molecule has 0 aromatic carbocycles. The molecule has 0 radical (unpaired) electrons. The molecule has 1 aliphatic rings. The van der Waals surface area contributed by atoms with Gasteiger partial charge >= 0.3 is 0 Å². The van der Waals surface area contributed by atoms with Crippen LogP contribution in [0.1, 0.15) is 13.8 Å². The second-order valence-electron chi connectivity index (χ2n) is 3.49. The van der Waals surface area contributed by atoms with Gasteiger partial charge in [0, 0.05) is 12.2 Å². The Bertz CT molecular complexity index is 316. The zero-order valence-corrected chi connectivity index (χ0v) is 9.32. The molecule has 0 aliphatic carbocycles. The summed E-state index contributed by atoms with van der Waals surface area (Å²) in [5.41, 5.74) is 1.88. The monoisotopic (exact) mass is 207 g/mol. The molecule has 0 aromatic rings. The summed E-state index contributed by atoms with van der Waals surface area (Å²) in [7, 11) is 0. The number of ether oxygens (including phenoxy) is 1. The van der Waals surface area contributed by atoms with E-state index in [1.54, 1.807) is 4.90 Å². The molecule has 0 bridgehead atoms. The summed E-state index contributed by atoms with van der Waals surface area (Å²) >= 11 is 0. The van der Waals surface area contributed by atoms with Crippen LogP contribution in [0.2, 0.25) is 0 Å². The minimum absolute atomic E-state index is 0.0146. The van der Waals surface area contributed by atoms with Gasteiger partial charge in [0.15, 0.2) is 0 Å². The highest BCUT2D eigenvalue weighted by molar-refractivity contribution is 5.80. The van der Waals surface area contributed by atoms with Crippen LogP contribution in [0, 0.1) is 0 Å². The van der Waals surface area contributed by atoms with Gasteiger partial charge < -0.3 is 9.64 Å². The third-order valence-corrected chi connectivity index (χ3v) is 2.13. The molecule has 3 heteroatoms. The lowest BCUT2D eigenvalue weighted by Gasteiger charge is -2.27. The van der Waals surface area contributed by atoms with E-state index in [1.807, 2.05) is 32.1 Å². The van der Waals surface area contributed by atoms with Gasteiger partial charge in [-0.05, 0) is 19.9 Å². The lowest BCUT2D eigenvalue weighted by molar-refractivity contribution is -0.139. The van der Waals surface area contributed by atoms with Crippen LogP contribution >= 0.6 is 0 Å². The molecule has 3 nitrogen and oxygen atoms in total. The first-order chi connectivity index (χ1) is 7.15. The topological polar surface area (TPSA) is 29.5 Å². The number of carbonyl (C=O) groups is 1. The summed E-state index contributed by atoms with van der Waals surface area (Å²) in [5.74, 6) is 0.0146. The SMILES string of the molecule is C=C(C)/C=C\C(=CC)N1CCOCC1=O. The van der Waals surface area contributed by atoms with Gasteiger partial charge in [0.1, 0.15) is 6.61 Å². The number of morpholine rings is 1. The van der Waals surface area contributed by atoms with Crippen molar-refractivity contribution in [2.24, 2.45) is 0 Å². The molecule has 1 fully saturated rings. The molecule has 0 atom stereocenters. The quantitative estimate of drug-likeness (QED) is 0.661. The van der Waals surface area contributed by atoms with Crippen LogP contribution in [0.15, 0.2) is 36.1 Å². The first-order valence-corrected chi connectivity index (χ1v) is 5.03. The van der Waals surface area contributed by atoms with Crippen molar-refractivity contribution in [1.82, 2.24) is 4.90 Å². The molecule has 15 heavy (non-hydrogen) atoms. The van der Waals surface area contributed by atoms with Crippen LogP contribution in [0.3, 0.4) is 0 Å². The minimum atomic E-state index is 0.0146. The maximum Gasteiger partial charge on any atom is 0.253 e. The third kappa shape index (κ3) is 3.36. The molecule has 0 spiro atoms. The lowest BCUT2D eigenvalue weighted by atomic mass is 10.2. The average molecular weight is 207 g/mol. The second-order valence-corrected chi connectivity index (χ2v) is 3.49. The molecule has 0 unspecified atom stereocenters. The maximum absolute atomic E-state index is 11.5. The Morgan fingerprint density at radius 2 is 2.27 bits per heavy atom. The van der Waals surface area contributed by atoms with Crippen molar-refractivity contribution in [1.29, 1.82) is 0 Å². The van der Waals surface area contributed by atoms with E-state index in [4.69, 9.17) is 4.74 Å². The largest absolute Gasteiger partial charge is 0.370 e. The second kappa shape index (κ2) is 5.51. The van der Waals surface area contributed by atoms with E-state index in [2.05, 4.69) is 6.58 Å². The predicted octanol–water partition coefficient (Wildman–Crippen LogP) is 1.88. The Morgan fingerprint density at radius 3 is 2.80 bits per heavy atom. The van der Waals surface area contributed by atoms with Gasteiger partial charge in [-0.1, -0.05) is 24.3 Å². The standard InChI is InChI=1S/C12H17NO2/c1-4-11(6-5-10(2)3)13-7-8-15-9-12(13)14/h4-6H,2,7-9H2,1,3H3/b6-5-,11-4?. The molecule has 1 aliphatic heterocycles. The van der Waals surface area contributed by atoms with Crippen LogP contribution in [-0.4, -0.2) is 30.6 Å². The number of nitrogens with zero attached hydrogens (tertiary/aromatic N) is 1. The highest BCUT2D eigenvalue weighted by Gasteiger charge is 2.19. The van der Waals surface area contributed by atoms with Gasteiger partial charge in [-0.2, -0.15) is 0 Å². The van der Waals surface area contributed by atoms with Gasteiger partial charge in [-0.25, -0.2) is 0 Å². The fourth-order valence-corrected chi connectivity index (χ4v) is 1.36. The lowest BCUT2D eigenvalue weighted by Crippen LogP contribution is -2.40. The maximum atomic E-state index is 11.5. The Hall–Kier alpha value is -1.35. The molecule has 1 amide bonds. The Morgan fingerprint density at radius 1 is 1.53 bits per heavy atom. The van der Waals surface area contributed by atoms with E-state index >= 15 is 0 Å². The highest BCUT2D eigenvalue weighted by atomic mass is 16.5. The van der Waals surface area contributed by atoms with Crippen LogP contribution in [0.4, 0.5) is 0 Å². The Balaban J connectivity index is 2.74. The summed E-state index contributed by atoms with van der Waals surface area (Å²) in [6.45, 7) is 9.03. The summed E-state index contributed by atoms with van der Waals surface area (Å²) in [5, 5.41) is 0. The Kier molecular flexibility index (Phi) is 4.31. The third-order valence-electron chi connectivity index (χ3n) is 2.13. The molecule has 82 valence electrons. The van der Waals surface area contributed by atoms with Crippen molar-refractivity contribution >= 4 is 5.91 Å². The van der Waals surface area contributed by atoms with Gasteiger partial charge in [0.05, 0.1) is 6.61 Å². The molecular weight excluding hydrogens is 190 g/mol. The van der Waals surface area contributed by atoms with Crippen molar-refractivity contribution in [3.63, 3.8) is 0 Å². The molecule has 0 saturated carbocycles. The highest BCUT2D eigenvalue weighted by Crippen LogP contribution is 2.11. The van der Waals surface area contributed by atoms with Gasteiger partial charge in [-0.15, -0.1) is 0 Å². The summed E-state index contributed by atoms with van der Waals surface area (Å²) in [4.78, 5) is 13.3. The van der Waals surface area contributed by atoms with Crippen LogP contribution in [-0.2, 0) is 9.53 Å². The van der Waals surface area contributed by atoms with Gasteiger partial charge in [-0.3, -0.25) is 4.79 Å². The van der Waals surface area contributed by atoms with Gasteiger partial charge in [0.2, 0.25) is 0 Å². The normalized spacial score (nSPS) is 18.7. The molecule has 1 rings (SSSR count). The number of carbonyl (C=O) groups excluding carboxylic acids is 1. The molecule has 1 saturated heterocycles.